The SMILES string of the molecule is CCCNCc1sc(-c2c(F)cccc2SC)nc1CC. The number of halogens is 1. The summed E-state index contributed by atoms with van der Waals surface area (Å²) in [4.78, 5) is 6.84. The van der Waals surface area contributed by atoms with Crippen LogP contribution in [0, 0.1) is 5.82 Å². The molecule has 2 aromatic rings. The van der Waals surface area contributed by atoms with Crippen molar-refractivity contribution >= 4 is 23.1 Å². The van der Waals surface area contributed by atoms with E-state index in [1.54, 1.807) is 29.2 Å². The molecule has 21 heavy (non-hydrogen) atoms. The first-order valence-electron chi connectivity index (χ1n) is 7.23. The third-order valence-electron chi connectivity index (χ3n) is 3.23. The standard InChI is InChI=1S/C16H21FN2S2/c1-4-9-18-10-14-12(5-2)19-16(21-14)15-11(17)7-6-8-13(15)20-3/h6-8,18H,4-5,9-10H2,1-3H3. The monoisotopic (exact) mass is 324 g/mol. The highest BCUT2D eigenvalue weighted by Gasteiger charge is 2.17. The van der Waals surface area contributed by atoms with Crippen LogP contribution >= 0.6 is 23.1 Å². The molecular formula is C16H21FN2S2. The fraction of sp³-hybridized carbons (Fsp3) is 0.438. The number of nitrogens with zero attached hydrogens (tertiary/aromatic N) is 1. The van der Waals surface area contributed by atoms with E-state index < -0.39 is 0 Å². The van der Waals surface area contributed by atoms with Gasteiger partial charge in [0.15, 0.2) is 0 Å². The summed E-state index contributed by atoms with van der Waals surface area (Å²) in [6.45, 7) is 6.05. The molecule has 1 N–H and O–H groups in total. The lowest BCUT2D eigenvalue weighted by atomic mass is 10.2. The second kappa shape index (κ2) is 7.92. The normalized spacial score (nSPS) is 11.0. The summed E-state index contributed by atoms with van der Waals surface area (Å²) in [6, 6.07) is 5.21. The maximum Gasteiger partial charge on any atom is 0.134 e. The summed E-state index contributed by atoms with van der Waals surface area (Å²) in [7, 11) is 0. The fourth-order valence-corrected chi connectivity index (χ4v) is 4.02. The molecule has 0 spiro atoms. The molecule has 0 aliphatic heterocycles. The molecule has 0 aliphatic carbocycles. The molecule has 0 saturated heterocycles. The minimum absolute atomic E-state index is 0.189. The largest absolute Gasteiger partial charge is 0.312 e. The average molecular weight is 324 g/mol. The van der Waals surface area contributed by atoms with Crippen molar-refractivity contribution < 1.29 is 4.39 Å². The zero-order valence-corrected chi connectivity index (χ0v) is 14.3. The van der Waals surface area contributed by atoms with Gasteiger partial charge >= 0.3 is 0 Å². The summed E-state index contributed by atoms with van der Waals surface area (Å²) < 4.78 is 14.2. The van der Waals surface area contributed by atoms with Gasteiger partial charge in [-0.1, -0.05) is 19.9 Å². The molecular weight excluding hydrogens is 303 g/mol. The van der Waals surface area contributed by atoms with Gasteiger partial charge in [0.25, 0.3) is 0 Å². The van der Waals surface area contributed by atoms with Crippen LogP contribution in [0.3, 0.4) is 0 Å². The maximum atomic E-state index is 14.2. The lowest BCUT2D eigenvalue weighted by molar-refractivity contribution is 0.628. The Labute approximate surface area is 134 Å². The van der Waals surface area contributed by atoms with Gasteiger partial charge < -0.3 is 5.32 Å². The van der Waals surface area contributed by atoms with Crippen molar-refractivity contribution in [3.05, 3.63) is 34.6 Å². The molecule has 114 valence electrons. The van der Waals surface area contributed by atoms with Crippen molar-refractivity contribution in [2.45, 2.75) is 38.1 Å². The molecule has 0 aliphatic rings. The first-order valence-corrected chi connectivity index (χ1v) is 9.27. The van der Waals surface area contributed by atoms with Crippen LogP contribution in [0.2, 0.25) is 0 Å². The van der Waals surface area contributed by atoms with E-state index in [1.807, 2.05) is 12.3 Å². The second-order valence-electron chi connectivity index (χ2n) is 4.74. The molecule has 1 aromatic heterocycles. The van der Waals surface area contributed by atoms with Gasteiger partial charge in [-0.15, -0.1) is 23.1 Å². The molecule has 0 saturated carbocycles. The lowest BCUT2D eigenvalue weighted by Gasteiger charge is -2.05. The Balaban J connectivity index is 2.37. The number of rotatable bonds is 7. The second-order valence-corrected chi connectivity index (χ2v) is 6.67. The average Bonchev–Trinajstić information content (AvgIpc) is 2.90. The van der Waals surface area contributed by atoms with Crippen LogP contribution in [0.1, 0.15) is 30.8 Å². The van der Waals surface area contributed by atoms with E-state index in [-0.39, 0.29) is 5.82 Å². The van der Waals surface area contributed by atoms with Crippen LogP contribution in [-0.2, 0) is 13.0 Å². The molecule has 0 fully saturated rings. The molecule has 2 rings (SSSR count). The van der Waals surface area contributed by atoms with Gasteiger partial charge in [0.05, 0.1) is 11.3 Å². The topological polar surface area (TPSA) is 24.9 Å². The van der Waals surface area contributed by atoms with Crippen molar-refractivity contribution in [2.24, 2.45) is 0 Å². The van der Waals surface area contributed by atoms with Crippen LogP contribution in [-0.4, -0.2) is 17.8 Å². The van der Waals surface area contributed by atoms with Crippen LogP contribution in [0.15, 0.2) is 23.1 Å². The Morgan fingerprint density at radius 2 is 2.14 bits per heavy atom. The quantitative estimate of drug-likeness (QED) is 0.588. The lowest BCUT2D eigenvalue weighted by Crippen LogP contribution is -2.13. The minimum Gasteiger partial charge on any atom is -0.312 e. The van der Waals surface area contributed by atoms with Gasteiger partial charge in [0.2, 0.25) is 0 Å². The summed E-state index contributed by atoms with van der Waals surface area (Å²) in [6.07, 6.45) is 3.95. The summed E-state index contributed by atoms with van der Waals surface area (Å²) >= 11 is 3.16. The Hall–Kier alpha value is -0.910. The number of nitrogens with one attached hydrogen (secondary N) is 1. The van der Waals surface area contributed by atoms with E-state index in [0.717, 1.165) is 41.5 Å². The zero-order valence-electron chi connectivity index (χ0n) is 12.7. The number of aromatic nitrogens is 1. The molecule has 0 bridgehead atoms. The van der Waals surface area contributed by atoms with E-state index in [4.69, 9.17) is 0 Å². The Morgan fingerprint density at radius 1 is 1.33 bits per heavy atom. The molecule has 1 heterocycles. The van der Waals surface area contributed by atoms with Gasteiger partial charge in [0, 0.05) is 16.3 Å². The van der Waals surface area contributed by atoms with Crippen molar-refractivity contribution in [3.63, 3.8) is 0 Å². The van der Waals surface area contributed by atoms with E-state index in [0.29, 0.717) is 5.56 Å². The Bertz CT molecular complexity index is 596. The van der Waals surface area contributed by atoms with E-state index in [1.165, 1.54) is 10.9 Å². The highest BCUT2D eigenvalue weighted by molar-refractivity contribution is 7.98. The predicted octanol–water partition coefficient (Wildman–Crippen LogP) is 4.73. The number of thiazole rings is 1. The molecule has 5 heteroatoms. The zero-order chi connectivity index (χ0) is 15.2. The smallest absolute Gasteiger partial charge is 0.134 e. The van der Waals surface area contributed by atoms with Crippen LogP contribution in [0.25, 0.3) is 10.6 Å². The van der Waals surface area contributed by atoms with Crippen molar-refractivity contribution in [3.8, 4) is 10.6 Å². The van der Waals surface area contributed by atoms with Gasteiger partial charge in [-0.25, -0.2) is 9.37 Å². The number of benzene rings is 1. The van der Waals surface area contributed by atoms with Gasteiger partial charge in [0.1, 0.15) is 10.8 Å². The summed E-state index contributed by atoms with van der Waals surface area (Å²) in [5.74, 6) is -0.189. The fourth-order valence-electron chi connectivity index (χ4n) is 2.17. The van der Waals surface area contributed by atoms with Crippen molar-refractivity contribution in [1.29, 1.82) is 0 Å². The molecule has 2 nitrogen and oxygen atoms in total. The minimum atomic E-state index is -0.189. The first-order chi connectivity index (χ1) is 10.2. The number of thioether (sulfide) groups is 1. The maximum absolute atomic E-state index is 14.2. The number of aryl methyl sites for hydroxylation is 1. The number of hydrogen-bond donors (Lipinski definition) is 1. The molecule has 0 amide bonds. The van der Waals surface area contributed by atoms with E-state index >= 15 is 0 Å². The third-order valence-corrected chi connectivity index (χ3v) is 5.13. The number of hydrogen-bond acceptors (Lipinski definition) is 4. The van der Waals surface area contributed by atoms with Crippen molar-refractivity contribution in [2.75, 3.05) is 12.8 Å². The third kappa shape index (κ3) is 3.84. The van der Waals surface area contributed by atoms with Gasteiger partial charge in [-0.2, -0.15) is 0 Å². The molecule has 1 aromatic carbocycles. The van der Waals surface area contributed by atoms with Crippen LogP contribution < -0.4 is 5.32 Å². The highest BCUT2D eigenvalue weighted by atomic mass is 32.2. The Kier molecular flexibility index (Phi) is 6.21. The summed E-state index contributed by atoms with van der Waals surface area (Å²) in [5.41, 5.74) is 1.72. The molecule has 0 atom stereocenters. The first kappa shape index (κ1) is 16.5. The predicted molar refractivity (Wildman–Crippen MR) is 90.7 cm³/mol. The van der Waals surface area contributed by atoms with Gasteiger partial charge in [-0.05, 0) is 37.8 Å². The Morgan fingerprint density at radius 3 is 2.81 bits per heavy atom. The highest BCUT2D eigenvalue weighted by Crippen LogP contribution is 2.36. The summed E-state index contributed by atoms with van der Waals surface area (Å²) in [5, 5.41) is 4.20. The van der Waals surface area contributed by atoms with Crippen molar-refractivity contribution in [1.82, 2.24) is 10.3 Å². The van der Waals surface area contributed by atoms with Crippen LogP contribution in [0.5, 0.6) is 0 Å². The van der Waals surface area contributed by atoms with Crippen LogP contribution in [0.4, 0.5) is 4.39 Å². The van der Waals surface area contributed by atoms with Gasteiger partial charge in [-0.3, -0.25) is 0 Å². The van der Waals surface area contributed by atoms with E-state index in [9.17, 15) is 4.39 Å². The molecule has 0 unspecified atom stereocenters. The molecule has 0 radical (unpaired) electrons. The van der Waals surface area contributed by atoms with E-state index in [2.05, 4.69) is 24.1 Å².